The molecule has 4 aromatic rings. The lowest BCUT2D eigenvalue weighted by Gasteiger charge is -2.10. The Morgan fingerprint density at radius 1 is 1.13 bits per heavy atom. The highest BCUT2D eigenvalue weighted by molar-refractivity contribution is 7.21. The van der Waals surface area contributed by atoms with Gasteiger partial charge in [0.1, 0.15) is 27.2 Å². The number of nitrogens with zero attached hydrogens (tertiary/aromatic N) is 2. The van der Waals surface area contributed by atoms with Crippen molar-refractivity contribution in [2.45, 2.75) is 13.5 Å². The van der Waals surface area contributed by atoms with Gasteiger partial charge in [0.2, 0.25) is 0 Å². The van der Waals surface area contributed by atoms with E-state index >= 15 is 0 Å². The number of benzene rings is 2. The van der Waals surface area contributed by atoms with E-state index in [2.05, 4.69) is 16.4 Å². The maximum Gasteiger partial charge on any atom is 0.263 e. The normalized spacial score (nSPS) is 10.7. The fourth-order valence-electron chi connectivity index (χ4n) is 3.32. The number of nitriles is 1. The lowest BCUT2D eigenvalue weighted by molar-refractivity contribution is 0.0956. The standard InChI is InChI=1S/C23H19N5OS/c1-13-7-9-15(10-8-13)17-16(11-24)21(26)28-23-18(17)19(25)20(30-23)22(29)27-12-14-5-3-2-4-6-14/h2-10H,12,25H2,1H3,(H2,26,28)(H,27,29). The summed E-state index contributed by atoms with van der Waals surface area (Å²) in [7, 11) is 0. The number of anilines is 2. The maximum absolute atomic E-state index is 12.8. The average molecular weight is 414 g/mol. The number of aromatic nitrogens is 1. The van der Waals surface area contributed by atoms with Gasteiger partial charge in [-0.25, -0.2) is 4.98 Å². The minimum absolute atomic E-state index is 0.123. The van der Waals surface area contributed by atoms with Crippen LogP contribution in [0.5, 0.6) is 0 Å². The molecule has 0 aliphatic heterocycles. The maximum atomic E-state index is 12.8. The first-order valence-electron chi connectivity index (χ1n) is 9.30. The molecule has 7 heteroatoms. The quantitative estimate of drug-likeness (QED) is 0.462. The van der Waals surface area contributed by atoms with Crippen molar-refractivity contribution >= 4 is 39.0 Å². The van der Waals surface area contributed by atoms with Gasteiger partial charge in [-0.15, -0.1) is 11.3 Å². The van der Waals surface area contributed by atoms with Crippen LogP contribution in [0, 0.1) is 18.3 Å². The largest absolute Gasteiger partial charge is 0.397 e. The molecule has 5 N–H and O–H groups in total. The van der Waals surface area contributed by atoms with E-state index in [1.54, 1.807) is 0 Å². The van der Waals surface area contributed by atoms with Crippen molar-refractivity contribution in [3.05, 3.63) is 76.2 Å². The molecule has 0 saturated heterocycles. The molecule has 0 spiro atoms. The van der Waals surface area contributed by atoms with Crippen LogP contribution in [0.2, 0.25) is 0 Å². The Hall–Kier alpha value is -3.89. The fourth-order valence-corrected chi connectivity index (χ4v) is 4.35. The number of rotatable bonds is 4. The van der Waals surface area contributed by atoms with Gasteiger partial charge in [0.25, 0.3) is 5.91 Å². The highest BCUT2D eigenvalue weighted by Gasteiger charge is 2.24. The van der Waals surface area contributed by atoms with Crippen LogP contribution < -0.4 is 16.8 Å². The predicted molar refractivity (Wildman–Crippen MR) is 121 cm³/mol. The molecule has 0 aliphatic carbocycles. The number of carbonyl (C=O) groups excluding carboxylic acids is 1. The molecular weight excluding hydrogens is 394 g/mol. The number of nitrogen functional groups attached to an aromatic ring is 2. The van der Waals surface area contributed by atoms with Gasteiger partial charge in [-0.05, 0) is 18.1 Å². The highest BCUT2D eigenvalue weighted by atomic mass is 32.1. The van der Waals surface area contributed by atoms with Gasteiger partial charge >= 0.3 is 0 Å². The summed E-state index contributed by atoms with van der Waals surface area (Å²) in [6.45, 7) is 2.37. The van der Waals surface area contributed by atoms with Crippen molar-refractivity contribution in [3.63, 3.8) is 0 Å². The number of amides is 1. The summed E-state index contributed by atoms with van der Waals surface area (Å²) in [6, 6.07) is 19.5. The summed E-state index contributed by atoms with van der Waals surface area (Å²) in [5.74, 6) is -0.163. The summed E-state index contributed by atoms with van der Waals surface area (Å²) >= 11 is 1.17. The Morgan fingerprint density at radius 2 is 1.83 bits per heavy atom. The average Bonchev–Trinajstić information content (AvgIpc) is 3.08. The zero-order valence-corrected chi connectivity index (χ0v) is 17.1. The molecule has 0 bridgehead atoms. The Balaban J connectivity index is 1.82. The molecule has 2 aromatic carbocycles. The van der Waals surface area contributed by atoms with Crippen LogP contribution in [0.4, 0.5) is 11.5 Å². The lowest BCUT2D eigenvalue weighted by Crippen LogP contribution is -2.22. The molecule has 0 unspecified atom stereocenters. The highest BCUT2D eigenvalue weighted by Crippen LogP contribution is 2.42. The minimum Gasteiger partial charge on any atom is -0.397 e. The smallest absolute Gasteiger partial charge is 0.263 e. The van der Waals surface area contributed by atoms with E-state index < -0.39 is 0 Å². The SMILES string of the molecule is Cc1ccc(-c2c(C#N)c(N)nc3sc(C(=O)NCc4ccccc4)c(N)c23)cc1. The number of hydrogen-bond acceptors (Lipinski definition) is 6. The molecular formula is C23H19N5OS. The van der Waals surface area contributed by atoms with Gasteiger partial charge in [-0.3, -0.25) is 4.79 Å². The summed E-state index contributed by atoms with van der Waals surface area (Å²) in [5, 5.41) is 13.2. The lowest BCUT2D eigenvalue weighted by atomic mass is 9.96. The second kappa shape index (κ2) is 7.85. The third kappa shape index (κ3) is 3.45. The Bertz CT molecular complexity index is 1290. The molecule has 6 nitrogen and oxygen atoms in total. The predicted octanol–water partition coefficient (Wildman–Crippen LogP) is 4.24. The minimum atomic E-state index is -0.286. The summed E-state index contributed by atoms with van der Waals surface area (Å²) in [5.41, 5.74) is 16.5. The van der Waals surface area contributed by atoms with Crippen LogP contribution in [0.25, 0.3) is 21.3 Å². The van der Waals surface area contributed by atoms with Crippen molar-refractivity contribution < 1.29 is 4.79 Å². The van der Waals surface area contributed by atoms with Gasteiger partial charge in [-0.1, -0.05) is 60.2 Å². The number of hydrogen-bond donors (Lipinski definition) is 3. The number of nitrogens with two attached hydrogens (primary N) is 2. The first-order chi connectivity index (χ1) is 14.5. The number of carbonyl (C=O) groups is 1. The molecule has 2 aromatic heterocycles. The molecule has 0 atom stereocenters. The second-order valence-corrected chi connectivity index (χ2v) is 7.92. The number of pyridine rings is 1. The van der Waals surface area contributed by atoms with Crippen molar-refractivity contribution in [3.8, 4) is 17.2 Å². The van der Waals surface area contributed by atoms with Crippen LogP contribution in [0.3, 0.4) is 0 Å². The molecule has 4 rings (SSSR count). The molecule has 0 fully saturated rings. The van der Waals surface area contributed by atoms with Crippen LogP contribution in [0.15, 0.2) is 54.6 Å². The number of fused-ring (bicyclic) bond motifs is 1. The van der Waals surface area contributed by atoms with Gasteiger partial charge in [0.15, 0.2) is 0 Å². The van der Waals surface area contributed by atoms with Crippen LogP contribution in [0.1, 0.15) is 26.4 Å². The molecule has 30 heavy (non-hydrogen) atoms. The molecule has 0 radical (unpaired) electrons. The third-order valence-corrected chi connectivity index (χ3v) is 5.96. The number of thiophene rings is 1. The zero-order valence-electron chi connectivity index (χ0n) is 16.3. The summed E-state index contributed by atoms with van der Waals surface area (Å²) < 4.78 is 0. The van der Waals surface area contributed by atoms with Crippen molar-refractivity contribution in [1.82, 2.24) is 10.3 Å². The van der Waals surface area contributed by atoms with Crippen molar-refractivity contribution in [2.24, 2.45) is 0 Å². The van der Waals surface area contributed by atoms with Gasteiger partial charge in [0.05, 0.1) is 5.69 Å². The summed E-state index contributed by atoms with van der Waals surface area (Å²) in [6.07, 6.45) is 0. The first kappa shape index (κ1) is 19.4. The van der Waals surface area contributed by atoms with Crippen molar-refractivity contribution in [2.75, 3.05) is 11.5 Å². The van der Waals surface area contributed by atoms with Crippen molar-refractivity contribution in [1.29, 1.82) is 5.26 Å². The second-order valence-electron chi connectivity index (χ2n) is 6.92. The van der Waals surface area contributed by atoms with Gasteiger partial charge in [0, 0.05) is 17.5 Å². The third-order valence-electron chi connectivity index (χ3n) is 4.86. The molecule has 2 heterocycles. The van der Waals surface area contributed by atoms with Crippen LogP contribution in [-0.2, 0) is 6.54 Å². The van der Waals surface area contributed by atoms with E-state index in [4.69, 9.17) is 11.5 Å². The van der Waals surface area contributed by atoms with E-state index in [0.717, 1.165) is 16.7 Å². The van der Waals surface area contributed by atoms with Gasteiger partial charge in [-0.2, -0.15) is 5.26 Å². The number of aryl methyl sites for hydroxylation is 1. The number of nitrogens with one attached hydrogen (secondary N) is 1. The van der Waals surface area contributed by atoms with E-state index in [9.17, 15) is 10.1 Å². The molecule has 0 aliphatic rings. The Morgan fingerprint density at radius 3 is 2.50 bits per heavy atom. The molecule has 1 amide bonds. The molecule has 0 saturated carbocycles. The molecule has 148 valence electrons. The zero-order chi connectivity index (χ0) is 21.3. The van der Waals surface area contributed by atoms with E-state index in [-0.39, 0.29) is 17.3 Å². The van der Waals surface area contributed by atoms with E-state index in [0.29, 0.717) is 32.9 Å². The van der Waals surface area contributed by atoms with Crippen LogP contribution in [-0.4, -0.2) is 10.9 Å². The van der Waals surface area contributed by atoms with Gasteiger partial charge < -0.3 is 16.8 Å². The Labute approximate surface area is 177 Å². The van der Waals surface area contributed by atoms with E-state index in [1.165, 1.54) is 11.3 Å². The fraction of sp³-hybridized carbons (Fsp3) is 0.0870. The summed E-state index contributed by atoms with van der Waals surface area (Å²) in [4.78, 5) is 18.1. The monoisotopic (exact) mass is 413 g/mol. The van der Waals surface area contributed by atoms with Crippen LogP contribution >= 0.6 is 11.3 Å². The Kier molecular flexibility index (Phi) is 5.09. The van der Waals surface area contributed by atoms with E-state index in [1.807, 2.05) is 61.5 Å². The first-order valence-corrected chi connectivity index (χ1v) is 10.1. The topological polar surface area (TPSA) is 118 Å².